The van der Waals surface area contributed by atoms with Gasteiger partial charge in [-0.3, -0.25) is 0 Å². The number of methoxy groups -OCH3 is 1. The number of hydrogen-bond acceptors (Lipinski definition) is 3. The van der Waals surface area contributed by atoms with Crippen LogP contribution in [0.4, 0.5) is 8.78 Å². The van der Waals surface area contributed by atoms with E-state index in [4.69, 9.17) is 4.74 Å². The first kappa shape index (κ1) is 14.0. The Balaban J connectivity index is 2.38. The normalized spacial score (nSPS) is 12.7. The Morgan fingerprint density at radius 2 is 2.18 bits per heavy atom. The van der Waals surface area contributed by atoms with Gasteiger partial charge >= 0.3 is 0 Å². The molecule has 0 radical (unpaired) electrons. The van der Waals surface area contributed by atoms with Crippen molar-refractivity contribution in [1.29, 1.82) is 0 Å². The Labute approximate surface area is 99.4 Å². The molecule has 1 aromatic carbocycles. The maximum Gasteiger partial charge on any atom is 0.131 e. The maximum absolute atomic E-state index is 13.3. The fourth-order valence-corrected chi connectivity index (χ4v) is 1.46. The highest BCUT2D eigenvalue weighted by molar-refractivity contribution is 5.21. The lowest BCUT2D eigenvalue weighted by Crippen LogP contribution is -2.23. The van der Waals surface area contributed by atoms with Crippen LogP contribution in [-0.2, 0) is 4.74 Å². The molecule has 0 saturated carbocycles. The van der Waals surface area contributed by atoms with Gasteiger partial charge in [0.1, 0.15) is 11.6 Å². The van der Waals surface area contributed by atoms with Gasteiger partial charge in [-0.25, -0.2) is 8.78 Å². The van der Waals surface area contributed by atoms with Crippen molar-refractivity contribution in [2.75, 3.05) is 26.8 Å². The molecule has 0 amide bonds. The number of aliphatic hydroxyl groups is 1. The van der Waals surface area contributed by atoms with Crippen LogP contribution in [0.2, 0.25) is 0 Å². The number of benzene rings is 1. The molecule has 0 fully saturated rings. The molecule has 1 unspecified atom stereocenters. The van der Waals surface area contributed by atoms with Crippen LogP contribution < -0.4 is 5.32 Å². The minimum Gasteiger partial charge on any atom is -0.387 e. The van der Waals surface area contributed by atoms with Crippen molar-refractivity contribution >= 4 is 0 Å². The summed E-state index contributed by atoms with van der Waals surface area (Å²) in [5.74, 6) is -1.37. The Kier molecular flexibility index (Phi) is 6.04. The molecule has 0 aliphatic heterocycles. The van der Waals surface area contributed by atoms with Gasteiger partial charge in [0.05, 0.1) is 6.10 Å². The van der Waals surface area contributed by atoms with Crippen LogP contribution in [0.15, 0.2) is 18.2 Å². The lowest BCUT2D eigenvalue weighted by atomic mass is 10.1. The van der Waals surface area contributed by atoms with Crippen molar-refractivity contribution in [2.24, 2.45) is 0 Å². The summed E-state index contributed by atoms with van der Waals surface area (Å²) in [5, 5.41) is 12.7. The number of ether oxygens (including phenoxy) is 1. The van der Waals surface area contributed by atoms with Crippen molar-refractivity contribution in [3.8, 4) is 0 Å². The van der Waals surface area contributed by atoms with Crippen molar-refractivity contribution in [2.45, 2.75) is 12.5 Å². The fraction of sp³-hybridized carbons (Fsp3) is 0.500. The van der Waals surface area contributed by atoms with Crippen LogP contribution in [-0.4, -0.2) is 31.9 Å². The maximum atomic E-state index is 13.3. The SMILES string of the molecule is COCCCNCC(O)c1ccc(F)cc1F. The van der Waals surface area contributed by atoms with Gasteiger partial charge in [0, 0.05) is 31.9 Å². The van der Waals surface area contributed by atoms with Crippen LogP contribution >= 0.6 is 0 Å². The highest BCUT2D eigenvalue weighted by atomic mass is 19.1. The van der Waals surface area contributed by atoms with E-state index >= 15 is 0 Å². The monoisotopic (exact) mass is 245 g/mol. The van der Waals surface area contributed by atoms with E-state index in [9.17, 15) is 13.9 Å². The van der Waals surface area contributed by atoms with Gasteiger partial charge in [-0.1, -0.05) is 6.07 Å². The van der Waals surface area contributed by atoms with E-state index in [-0.39, 0.29) is 12.1 Å². The van der Waals surface area contributed by atoms with Gasteiger partial charge in [0.2, 0.25) is 0 Å². The molecule has 0 aromatic heterocycles. The lowest BCUT2D eigenvalue weighted by Gasteiger charge is -2.13. The number of aliphatic hydroxyl groups excluding tert-OH is 1. The Morgan fingerprint density at radius 3 is 2.82 bits per heavy atom. The third kappa shape index (κ3) is 4.77. The van der Waals surface area contributed by atoms with Crippen LogP contribution in [0.25, 0.3) is 0 Å². The number of rotatable bonds is 7. The highest BCUT2D eigenvalue weighted by Crippen LogP contribution is 2.17. The molecular weight excluding hydrogens is 228 g/mol. The fourth-order valence-electron chi connectivity index (χ4n) is 1.46. The molecule has 1 atom stereocenters. The molecule has 0 saturated heterocycles. The summed E-state index contributed by atoms with van der Waals surface area (Å²) in [6.07, 6.45) is -0.159. The van der Waals surface area contributed by atoms with E-state index in [1.165, 1.54) is 6.07 Å². The standard InChI is InChI=1S/C12H17F2NO2/c1-17-6-2-5-15-8-12(16)10-4-3-9(13)7-11(10)14/h3-4,7,12,15-16H,2,5-6,8H2,1H3. The minimum atomic E-state index is -0.974. The predicted molar refractivity (Wildman–Crippen MR) is 60.7 cm³/mol. The van der Waals surface area contributed by atoms with Crippen molar-refractivity contribution < 1.29 is 18.6 Å². The Bertz CT molecular complexity index is 347. The molecule has 3 nitrogen and oxygen atoms in total. The van der Waals surface area contributed by atoms with Gasteiger partial charge in [0.15, 0.2) is 0 Å². The Morgan fingerprint density at radius 1 is 1.41 bits per heavy atom. The Hall–Kier alpha value is -1.04. The summed E-state index contributed by atoms with van der Waals surface area (Å²) in [7, 11) is 1.61. The van der Waals surface area contributed by atoms with Gasteiger partial charge in [-0.2, -0.15) is 0 Å². The van der Waals surface area contributed by atoms with Gasteiger partial charge in [0.25, 0.3) is 0 Å². The van der Waals surface area contributed by atoms with E-state index < -0.39 is 17.7 Å². The molecule has 96 valence electrons. The average Bonchev–Trinajstić information content (AvgIpc) is 2.28. The quantitative estimate of drug-likeness (QED) is 0.717. The number of halogens is 2. The van der Waals surface area contributed by atoms with Crippen LogP contribution in [0.1, 0.15) is 18.1 Å². The zero-order valence-electron chi connectivity index (χ0n) is 9.75. The average molecular weight is 245 g/mol. The second-order valence-electron chi connectivity index (χ2n) is 3.73. The number of hydrogen-bond donors (Lipinski definition) is 2. The van der Waals surface area contributed by atoms with Gasteiger partial charge < -0.3 is 15.2 Å². The van der Waals surface area contributed by atoms with Crippen molar-refractivity contribution in [1.82, 2.24) is 5.32 Å². The second kappa shape index (κ2) is 7.32. The van der Waals surface area contributed by atoms with Crippen molar-refractivity contribution in [3.05, 3.63) is 35.4 Å². The molecule has 1 rings (SSSR count). The van der Waals surface area contributed by atoms with Crippen LogP contribution in [0, 0.1) is 11.6 Å². The van der Waals surface area contributed by atoms with Crippen LogP contribution in [0.5, 0.6) is 0 Å². The van der Waals surface area contributed by atoms with E-state index in [0.717, 1.165) is 18.6 Å². The molecule has 0 bridgehead atoms. The summed E-state index contributed by atoms with van der Waals surface area (Å²) in [4.78, 5) is 0. The smallest absolute Gasteiger partial charge is 0.131 e. The summed E-state index contributed by atoms with van der Waals surface area (Å²) < 4.78 is 30.8. The first-order valence-corrected chi connectivity index (χ1v) is 5.48. The minimum absolute atomic E-state index is 0.102. The third-order valence-corrected chi connectivity index (χ3v) is 2.36. The van der Waals surface area contributed by atoms with Gasteiger partial charge in [-0.05, 0) is 19.0 Å². The van der Waals surface area contributed by atoms with Crippen molar-refractivity contribution in [3.63, 3.8) is 0 Å². The lowest BCUT2D eigenvalue weighted by molar-refractivity contribution is 0.164. The molecule has 5 heteroatoms. The summed E-state index contributed by atoms with van der Waals surface area (Å²) in [5.41, 5.74) is 0.102. The summed E-state index contributed by atoms with van der Waals surface area (Å²) in [6.45, 7) is 1.54. The predicted octanol–water partition coefficient (Wildman–Crippen LogP) is 1.62. The molecule has 0 heterocycles. The first-order chi connectivity index (χ1) is 8.15. The molecular formula is C12H17F2NO2. The third-order valence-electron chi connectivity index (χ3n) is 2.36. The molecule has 1 aromatic rings. The summed E-state index contributed by atoms with van der Waals surface area (Å²) >= 11 is 0. The molecule has 0 aliphatic carbocycles. The molecule has 17 heavy (non-hydrogen) atoms. The molecule has 0 aliphatic rings. The van der Waals surface area contributed by atoms with E-state index in [2.05, 4.69) is 5.32 Å². The van der Waals surface area contributed by atoms with E-state index in [0.29, 0.717) is 13.2 Å². The largest absolute Gasteiger partial charge is 0.387 e. The molecule has 0 spiro atoms. The van der Waals surface area contributed by atoms with E-state index in [1.807, 2.05) is 0 Å². The molecule has 2 N–H and O–H groups in total. The first-order valence-electron chi connectivity index (χ1n) is 5.48. The number of nitrogens with one attached hydrogen (secondary N) is 1. The van der Waals surface area contributed by atoms with Crippen LogP contribution in [0.3, 0.4) is 0 Å². The van der Waals surface area contributed by atoms with E-state index in [1.54, 1.807) is 7.11 Å². The zero-order chi connectivity index (χ0) is 12.7. The zero-order valence-corrected chi connectivity index (χ0v) is 9.75. The second-order valence-corrected chi connectivity index (χ2v) is 3.73. The highest BCUT2D eigenvalue weighted by Gasteiger charge is 2.12. The topological polar surface area (TPSA) is 41.5 Å². The summed E-state index contributed by atoms with van der Waals surface area (Å²) in [6, 6.07) is 3.15. The van der Waals surface area contributed by atoms with Gasteiger partial charge in [-0.15, -0.1) is 0 Å².